The molecule has 1 N–H and O–H groups in total. The molecule has 0 aliphatic carbocycles. The van der Waals surface area contributed by atoms with E-state index in [4.69, 9.17) is 0 Å². The normalized spacial score (nSPS) is 10.7. The molecule has 0 saturated heterocycles. The number of H-pyrrole nitrogens is 1. The summed E-state index contributed by atoms with van der Waals surface area (Å²) >= 11 is 0. The lowest BCUT2D eigenvalue weighted by atomic mass is 10.5. The largest absolute Gasteiger partial charge is 0.325 e. The molecule has 0 aromatic carbocycles. The second-order valence-electron chi connectivity index (χ2n) is 2.35. The van der Waals surface area contributed by atoms with Crippen LogP contribution in [0.4, 0.5) is 0 Å². The monoisotopic (exact) mass is 164 g/mol. The van der Waals surface area contributed by atoms with Crippen LogP contribution in [0.5, 0.6) is 0 Å². The van der Waals surface area contributed by atoms with E-state index in [-0.39, 0.29) is 11.4 Å². The summed E-state index contributed by atoms with van der Waals surface area (Å²) in [6.07, 6.45) is 0. The summed E-state index contributed by atoms with van der Waals surface area (Å²) in [5.41, 5.74) is -1.51. The lowest BCUT2D eigenvalue weighted by molar-refractivity contribution is 1.05. The van der Waals surface area contributed by atoms with Gasteiger partial charge in [-0.2, -0.15) is 0 Å². The van der Waals surface area contributed by atoms with Crippen LogP contribution in [0.2, 0.25) is 0 Å². The van der Waals surface area contributed by atoms with Crippen molar-refractivity contribution in [1.82, 2.24) is 9.55 Å². The summed E-state index contributed by atoms with van der Waals surface area (Å²) in [5, 5.41) is 0. The Balaban J connectivity index is 2.64. The van der Waals surface area contributed by atoms with E-state index in [1.165, 1.54) is 18.2 Å². The van der Waals surface area contributed by atoms with Gasteiger partial charge in [-0.25, -0.2) is 4.57 Å². The molecule has 0 saturated carbocycles. The van der Waals surface area contributed by atoms with Gasteiger partial charge in [0.15, 0.2) is 0 Å². The van der Waals surface area contributed by atoms with Crippen molar-refractivity contribution in [3.05, 3.63) is 49.3 Å². The Morgan fingerprint density at radius 2 is 1.75 bits per heavy atom. The van der Waals surface area contributed by atoms with Crippen LogP contribution in [-0.2, 0) is 0 Å². The Bertz CT molecular complexity index is 517. The second-order valence-corrected chi connectivity index (χ2v) is 2.35. The average Bonchev–Trinajstić information content (AvgIpc) is 2.60. The van der Waals surface area contributed by atoms with Crippen molar-refractivity contribution in [2.24, 2.45) is 0 Å². The minimum absolute atomic E-state index is 0.234. The molecule has 0 spiro atoms. The number of aromatic amines is 1. The van der Waals surface area contributed by atoms with Gasteiger partial charge in [0.25, 0.3) is 0 Å². The van der Waals surface area contributed by atoms with Crippen molar-refractivity contribution in [3.63, 3.8) is 0 Å². The van der Waals surface area contributed by atoms with Crippen LogP contribution in [0, 0.1) is 0 Å². The van der Waals surface area contributed by atoms with Crippen molar-refractivity contribution in [2.75, 3.05) is 0 Å². The number of aromatic nitrogens is 2. The molecule has 0 aliphatic rings. The first kappa shape index (κ1) is 6.78. The summed E-state index contributed by atoms with van der Waals surface area (Å²) in [7, 11) is 0. The summed E-state index contributed by atoms with van der Waals surface area (Å²) in [4.78, 5) is 34.3. The Morgan fingerprint density at radius 3 is 2.25 bits per heavy atom. The Kier molecular flexibility index (Phi) is 1.15. The standard InChI is InChI=1S/C7H4N2O3/c10-5-3-1-2-4(8-5)9-6(11)7(9)12/h1-3H,(H,8,10). The molecule has 5 heteroatoms. The van der Waals surface area contributed by atoms with Crippen LogP contribution in [-0.4, -0.2) is 9.55 Å². The Labute approximate surface area is 65.6 Å². The molecule has 12 heavy (non-hydrogen) atoms. The Hall–Kier alpha value is -1.91. The maximum absolute atomic E-state index is 10.7. The zero-order valence-corrected chi connectivity index (χ0v) is 5.90. The summed E-state index contributed by atoms with van der Waals surface area (Å²) in [5.74, 6) is 0.234. The summed E-state index contributed by atoms with van der Waals surface area (Å²) < 4.78 is 0.904. The third kappa shape index (κ3) is 0.833. The fourth-order valence-electron chi connectivity index (χ4n) is 0.920. The van der Waals surface area contributed by atoms with Gasteiger partial charge < -0.3 is 4.98 Å². The number of nitrogens with zero attached hydrogens (tertiary/aromatic N) is 1. The van der Waals surface area contributed by atoms with Gasteiger partial charge in [0.1, 0.15) is 5.82 Å². The maximum Gasteiger partial charge on any atom is 0.325 e. The Morgan fingerprint density at radius 1 is 1.08 bits per heavy atom. The van der Waals surface area contributed by atoms with Crippen LogP contribution < -0.4 is 16.7 Å². The van der Waals surface area contributed by atoms with Gasteiger partial charge in [-0.1, -0.05) is 6.07 Å². The molecule has 0 radical (unpaired) electrons. The van der Waals surface area contributed by atoms with Gasteiger partial charge in [-0.15, -0.1) is 0 Å². The average molecular weight is 164 g/mol. The fraction of sp³-hybridized carbons (Fsp3) is 0. The second kappa shape index (κ2) is 2.04. The van der Waals surface area contributed by atoms with Gasteiger partial charge in [-0.3, -0.25) is 14.4 Å². The highest BCUT2D eigenvalue weighted by molar-refractivity contribution is 5.24. The fourth-order valence-corrected chi connectivity index (χ4v) is 0.920. The molecule has 2 aromatic rings. The molecule has 0 unspecified atom stereocenters. The molecule has 2 aromatic heterocycles. The molecule has 60 valence electrons. The highest BCUT2D eigenvalue weighted by Gasteiger charge is 2.17. The molecular formula is C7H4N2O3. The highest BCUT2D eigenvalue weighted by atomic mass is 16.2. The highest BCUT2D eigenvalue weighted by Crippen LogP contribution is 1.92. The van der Waals surface area contributed by atoms with E-state index in [9.17, 15) is 14.4 Å². The van der Waals surface area contributed by atoms with E-state index < -0.39 is 11.1 Å². The van der Waals surface area contributed by atoms with E-state index in [0.717, 1.165) is 4.57 Å². The van der Waals surface area contributed by atoms with Crippen molar-refractivity contribution in [3.8, 4) is 5.82 Å². The van der Waals surface area contributed by atoms with E-state index in [1.807, 2.05) is 0 Å². The SMILES string of the molecule is O=c1cccc(-n2c(=O)c2=O)[nH]1. The van der Waals surface area contributed by atoms with Gasteiger partial charge in [0, 0.05) is 6.07 Å². The number of rotatable bonds is 1. The molecule has 2 heterocycles. The van der Waals surface area contributed by atoms with E-state index in [2.05, 4.69) is 4.98 Å². The first-order chi connectivity index (χ1) is 5.70. The van der Waals surface area contributed by atoms with Gasteiger partial charge in [0.2, 0.25) is 5.56 Å². The lowest BCUT2D eigenvalue weighted by Gasteiger charge is -1.89. The van der Waals surface area contributed by atoms with Crippen LogP contribution in [0.3, 0.4) is 0 Å². The zero-order chi connectivity index (χ0) is 8.72. The molecule has 0 fully saturated rings. The maximum atomic E-state index is 10.7. The summed E-state index contributed by atoms with van der Waals surface area (Å²) in [6, 6.07) is 4.28. The quantitative estimate of drug-likeness (QED) is 0.536. The predicted molar refractivity (Wildman–Crippen MR) is 41.3 cm³/mol. The minimum atomic E-state index is -0.586. The molecule has 0 atom stereocenters. The van der Waals surface area contributed by atoms with Gasteiger partial charge in [-0.05, 0) is 6.07 Å². The number of nitrogens with one attached hydrogen (secondary N) is 1. The van der Waals surface area contributed by atoms with Gasteiger partial charge >= 0.3 is 11.1 Å². The third-order valence-electron chi connectivity index (χ3n) is 1.53. The predicted octanol–water partition coefficient (Wildman–Crippen LogP) is -1.24. The van der Waals surface area contributed by atoms with Crippen molar-refractivity contribution in [1.29, 1.82) is 0 Å². The van der Waals surface area contributed by atoms with Crippen molar-refractivity contribution < 1.29 is 0 Å². The number of hydrogen-bond donors (Lipinski definition) is 1. The van der Waals surface area contributed by atoms with Crippen LogP contribution in [0.1, 0.15) is 0 Å². The first-order valence-electron chi connectivity index (χ1n) is 3.28. The van der Waals surface area contributed by atoms with Crippen LogP contribution in [0.15, 0.2) is 32.6 Å². The smallest absolute Gasteiger partial charge is 0.308 e. The van der Waals surface area contributed by atoms with E-state index >= 15 is 0 Å². The molecule has 0 aliphatic heterocycles. The molecule has 2 rings (SSSR count). The summed E-state index contributed by atoms with van der Waals surface area (Å²) in [6.45, 7) is 0. The topological polar surface area (TPSA) is 71.9 Å². The van der Waals surface area contributed by atoms with E-state index in [0.29, 0.717) is 0 Å². The molecule has 0 bridgehead atoms. The van der Waals surface area contributed by atoms with Crippen molar-refractivity contribution >= 4 is 0 Å². The first-order valence-corrected chi connectivity index (χ1v) is 3.28. The zero-order valence-electron chi connectivity index (χ0n) is 5.90. The molecule has 0 amide bonds. The van der Waals surface area contributed by atoms with Crippen LogP contribution >= 0.6 is 0 Å². The molecule has 5 nitrogen and oxygen atoms in total. The minimum Gasteiger partial charge on any atom is -0.308 e. The number of pyridine rings is 1. The van der Waals surface area contributed by atoms with Crippen molar-refractivity contribution in [2.45, 2.75) is 0 Å². The third-order valence-corrected chi connectivity index (χ3v) is 1.53. The number of hydrogen-bond acceptors (Lipinski definition) is 3. The molecular weight excluding hydrogens is 160 g/mol. The lowest BCUT2D eigenvalue weighted by Crippen LogP contribution is -2.07. The van der Waals surface area contributed by atoms with Gasteiger partial charge in [0.05, 0.1) is 0 Å². The van der Waals surface area contributed by atoms with E-state index in [1.54, 1.807) is 0 Å². The van der Waals surface area contributed by atoms with Crippen LogP contribution in [0.25, 0.3) is 5.82 Å².